The van der Waals surface area contributed by atoms with Gasteiger partial charge >= 0.3 is 0 Å². The molecular formula is C14H22N2OS. The van der Waals surface area contributed by atoms with Crippen LogP contribution in [0.3, 0.4) is 0 Å². The second kappa shape index (κ2) is 6.90. The predicted octanol–water partition coefficient (Wildman–Crippen LogP) is 2.83. The highest BCUT2D eigenvalue weighted by Crippen LogP contribution is 2.37. The maximum absolute atomic E-state index is 10.7. The Bertz CT molecular complexity index is 358. The number of carbonyl (C=O) groups excluding carboxylic acids is 1. The van der Waals surface area contributed by atoms with Gasteiger partial charge in [0.15, 0.2) is 0 Å². The summed E-state index contributed by atoms with van der Waals surface area (Å²) in [6, 6.07) is 4.81. The smallest absolute Gasteiger partial charge is 0.217 e. The summed E-state index contributed by atoms with van der Waals surface area (Å²) in [5.41, 5.74) is 5.16. The molecule has 1 aliphatic carbocycles. The van der Waals surface area contributed by atoms with Crippen molar-refractivity contribution in [1.29, 1.82) is 0 Å². The first-order valence-corrected chi connectivity index (χ1v) is 7.70. The first kappa shape index (κ1) is 13.6. The van der Waals surface area contributed by atoms with Crippen molar-refractivity contribution in [2.75, 3.05) is 6.54 Å². The molecule has 18 heavy (non-hydrogen) atoms. The zero-order valence-electron chi connectivity index (χ0n) is 10.7. The molecule has 1 atom stereocenters. The standard InChI is InChI=1S/C14H22N2OS/c15-13(17)8-3-9-16-14(11-5-1-2-6-11)12-7-4-10-18-12/h4,7,10-11,14,16H,1-3,5-6,8-9H2,(H2,15,17). The SMILES string of the molecule is NC(=O)CCCNC(c1cccs1)C1CCCC1. The Kier molecular flexibility index (Phi) is 5.20. The van der Waals surface area contributed by atoms with Crippen LogP contribution >= 0.6 is 11.3 Å². The highest BCUT2D eigenvalue weighted by atomic mass is 32.1. The van der Waals surface area contributed by atoms with Gasteiger partial charge in [-0.15, -0.1) is 11.3 Å². The zero-order valence-corrected chi connectivity index (χ0v) is 11.5. The quantitative estimate of drug-likeness (QED) is 0.746. The fourth-order valence-electron chi connectivity index (χ4n) is 2.78. The van der Waals surface area contributed by atoms with Gasteiger partial charge in [-0.3, -0.25) is 4.79 Å². The van der Waals surface area contributed by atoms with Gasteiger partial charge in [-0.2, -0.15) is 0 Å². The molecule has 0 saturated heterocycles. The number of rotatable bonds is 7. The molecule has 0 bridgehead atoms. The normalized spacial score (nSPS) is 18.0. The average Bonchev–Trinajstić information content (AvgIpc) is 3.01. The van der Waals surface area contributed by atoms with Crippen molar-refractivity contribution in [3.05, 3.63) is 22.4 Å². The Labute approximate surface area is 113 Å². The first-order valence-electron chi connectivity index (χ1n) is 6.82. The molecule has 4 heteroatoms. The Morgan fingerprint density at radius 1 is 1.50 bits per heavy atom. The minimum Gasteiger partial charge on any atom is -0.370 e. The summed E-state index contributed by atoms with van der Waals surface area (Å²) in [5, 5.41) is 5.76. The van der Waals surface area contributed by atoms with Gasteiger partial charge in [-0.25, -0.2) is 0 Å². The van der Waals surface area contributed by atoms with Crippen LogP contribution in [-0.4, -0.2) is 12.5 Å². The summed E-state index contributed by atoms with van der Waals surface area (Å²) in [4.78, 5) is 12.2. The molecule has 100 valence electrons. The summed E-state index contributed by atoms with van der Waals surface area (Å²) >= 11 is 1.83. The minimum atomic E-state index is -0.203. The van der Waals surface area contributed by atoms with Crippen LogP contribution < -0.4 is 11.1 Å². The molecule has 1 aromatic heterocycles. The van der Waals surface area contributed by atoms with E-state index in [0.717, 1.165) is 18.9 Å². The number of thiophene rings is 1. The minimum absolute atomic E-state index is 0.203. The van der Waals surface area contributed by atoms with E-state index in [0.29, 0.717) is 12.5 Å². The number of primary amides is 1. The fraction of sp³-hybridized carbons (Fsp3) is 0.643. The van der Waals surface area contributed by atoms with Crippen LogP contribution in [0.5, 0.6) is 0 Å². The molecule has 2 rings (SSSR count). The number of amides is 1. The Balaban J connectivity index is 1.86. The van der Waals surface area contributed by atoms with E-state index >= 15 is 0 Å². The van der Waals surface area contributed by atoms with Crippen molar-refractivity contribution >= 4 is 17.2 Å². The van der Waals surface area contributed by atoms with E-state index in [1.807, 2.05) is 11.3 Å². The van der Waals surface area contributed by atoms with Crippen molar-refractivity contribution in [2.45, 2.75) is 44.6 Å². The first-order chi connectivity index (χ1) is 8.77. The lowest BCUT2D eigenvalue weighted by atomic mass is 9.96. The lowest BCUT2D eigenvalue weighted by Gasteiger charge is -2.23. The third-order valence-corrected chi connectivity index (χ3v) is 4.64. The molecule has 1 saturated carbocycles. The maximum Gasteiger partial charge on any atom is 0.217 e. The summed E-state index contributed by atoms with van der Waals surface area (Å²) in [6.45, 7) is 0.877. The van der Waals surface area contributed by atoms with Crippen LogP contribution in [0.15, 0.2) is 17.5 Å². The lowest BCUT2D eigenvalue weighted by molar-refractivity contribution is -0.118. The molecule has 1 heterocycles. The van der Waals surface area contributed by atoms with Crippen LogP contribution in [0.25, 0.3) is 0 Å². The molecular weight excluding hydrogens is 244 g/mol. The second-order valence-corrected chi connectivity index (χ2v) is 6.04. The van der Waals surface area contributed by atoms with E-state index in [1.165, 1.54) is 30.6 Å². The van der Waals surface area contributed by atoms with Gasteiger partial charge in [0.2, 0.25) is 5.91 Å². The molecule has 0 aromatic carbocycles. The largest absolute Gasteiger partial charge is 0.370 e. The van der Waals surface area contributed by atoms with Gasteiger partial charge in [0, 0.05) is 17.3 Å². The van der Waals surface area contributed by atoms with E-state index in [-0.39, 0.29) is 5.91 Å². The fourth-order valence-corrected chi connectivity index (χ4v) is 3.67. The third kappa shape index (κ3) is 3.82. The van der Waals surface area contributed by atoms with E-state index in [2.05, 4.69) is 22.8 Å². The zero-order chi connectivity index (χ0) is 12.8. The van der Waals surface area contributed by atoms with Crippen LogP contribution in [-0.2, 0) is 4.79 Å². The number of hydrogen-bond acceptors (Lipinski definition) is 3. The van der Waals surface area contributed by atoms with Gasteiger partial charge in [0.25, 0.3) is 0 Å². The molecule has 1 amide bonds. The van der Waals surface area contributed by atoms with Crippen LogP contribution in [0.2, 0.25) is 0 Å². The van der Waals surface area contributed by atoms with Crippen LogP contribution in [0, 0.1) is 5.92 Å². The lowest BCUT2D eigenvalue weighted by Crippen LogP contribution is -2.28. The average molecular weight is 266 g/mol. The van der Waals surface area contributed by atoms with E-state index < -0.39 is 0 Å². The van der Waals surface area contributed by atoms with Crippen LogP contribution in [0.4, 0.5) is 0 Å². The van der Waals surface area contributed by atoms with Gasteiger partial charge in [0.1, 0.15) is 0 Å². The summed E-state index contributed by atoms with van der Waals surface area (Å²) < 4.78 is 0. The van der Waals surface area contributed by atoms with Gasteiger partial charge in [-0.1, -0.05) is 18.9 Å². The summed E-state index contributed by atoms with van der Waals surface area (Å²) in [6.07, 6.45) is 6.68. The topological polar surface area (TPSA) is 55.1 Å². The molecule has 3 N–H and O–H groups in total. The van der Waals surface area contributed by atoms with E-state index in [9.17, 15) is 4.79 Å². The molecule has 0 radical (unpaired) electrons. The predicted molar refractivity (Wildman–Crippen MR) is 75.4 cm³/mol. The summed E-state index contributed by atoms with van der Waals surface area (Å²) in [5.74, 6) is 0.558. The van der Waals surface area contributed by atoms with Crippen molar-refractivity contribution in [2.24, 2.45) is 11.7 Å². The highest BCUT2D eigenvalue weighted by molar-refractivity contribution is 7.10. The molecule has 1 aliphatic rings. The van der Waals surface area contributed by atoms with Crippen molar-refractivity contribution in [3.63, 3.8) is 0 Å². The highest BCUT2D eigenvalue weighted by Gasteiger charge is 2.26. The van der Waals surface area contributed by atoms with Crippen molar-refractivity contribution < 1.29 is 4.79 Å². The van der Waals surface area contributed by atoms with Gasteiger partial charge in [0.05, 0.1) is 0 Å². The monoisotopic (exact) mass is 266 g/mol. The van der Waals surface area contributed by atoms with E-state index in [1.54, 1.807) is 0 Å². The number of nitrogens with one attached hydrogen (secondary N) is 1. The van der Waals surface area contributed by atoms with Crippen LogP contribution in [0.1, 0.15) is 49.4 Å². The van der Waals surface area contributed by atoms with E-state index in [4.69, 9.17) is 5.73 Å². The molecule has 3 nitrogen and oxygen atoms in total. The molecule has 1 fully saturated rings. The molecule has 0 spiro atoms. The van der Waals surface area contributed by atoms with Crippen molar-refractivity contribution in [3.8, 4) is 0 Å². The number of nitrogens with two attached hydrogens (primary N) is 1. The van der Waals surface area contributed by atoms with Gasteiger partial charge in [-0.05, 0) is 43.2 Å². The number of carbonyl (C=O) groups is 1. The summed E-state index contributed by atoms with van der Waals surface area (Å²) in [7, 11) is 0. The number of hydrogen-bond donors (Lipinski definition) is 2. The third-order valence-electron chi connectivity index (χ3n) is 3.69. The molecule has 0 aliphatic heterocycles. The molecule has 1 unspecified atom stereocenters. The van der Waals surface area contributed by atoms with Crippen molar-refractivity contribution in [1.82, 2.24) is 5.32 Å². The Hall–Kier alpha value is -0.870. The maximum atomic E-state index is 10.7. The van der Waals surface area contributed by atoms with Gasteiger partial charge < -0.3 is 11.1 Å². The Morgan fingerprint density at radius 3 is 2.89 bits per heavy atom. The second-order valence-electron chi connectivity index (χ2n) is 5.06. The molecule has 1 aromatic rings. The Morgan fingerprint density at radius 2 is 2.28 bits per heavy atom.